The molecule has 17 heteroatoms. The second kappa shape index (κ2) is 11.9. The molecule has 43 heavy (non-hydrogen) atoms. The Labute approximate surface area is 248 Å². The molecule has 1 aliphatic heterocycles. The third-order valence-electron chi connectivity index (χ3n) is 6.52. The van der Waals surface area contributed by atoms with Crippen molar-refractivity contribution in [1.82, 2.24) is 30.7 Å². The molecule has 1 saturated carbocycles. The number of methoxy groups -OCH3 is 1. The zero-order valence-electron chi connectivity index (χ0n) is 23.0. The SMILES string of the molecule is COc1c(Nc2cc(NC(=O)C3CC3)nnc2C(=O)NC(O)(O)O)cccc1-c1nc(C)c(C(=O)N2CCNC(=O)C2)s1. The molecule has 1 aliphatic carbocycles. The van der Waals surface area contributed by atoms with Gasteiger partial charge in [0.15, 0.2) is 17.3 Å². The molecule has 0 atom stereocenters. The summed E-state index contributed by atoms with van der Waals surface area (Å²) in [5.41, 5.74) is 0.838. The number of nitrogens with zero attached hydrogens (tertiary/aromatic N) is 4. The fourth-order valence-corrected chi connectivity index (χ4v) is 5.39. The molecule has 1 saturated heterocycles. The molecule has 0 bridgehead atoms. The summed E-state index contributed by atoms with van der Waals surface area (Å²) in [5.74, 6) is -1.83. The molecule has 1 aromatic carbocycles. The number of nitrogens with one attached hydrogen (secondary N) is 4. The third kappa shape index (κ3) is 6.86. The number of carbonyl (C=O) groups is 4. The standard InChI is InChI=1S/C26H28N8O8S/c1-12-21(25(38)34-9-8-27-18(35)11-34)43-24(28-12)14-4-3-5-15(20(14)42-2)29-16-10-17(30-22(36)13-6-7-13)32-33-19(16)23(37)31-26(39,40)41/h3-5,10,13,39-41H,6-9,11H2,1-2H3,(H,27,35)(H,31,37)(H2,29,30,32,36). The van der Waals surface area contributed by atoms with E-state index in [1.54, 1.807) is 30.4 Å². The smallest absolute Gasteiger partial charge is 0.369 e. The monoisotopic (exact) mass is 612 g/mol. The minimum atomic E-state index is -3.53. The Bertz CT molecular complexity index is 1600. The second-order valence-corrected chi connectivity index (χ2v) is 10.9. The Morgan fingerprint density at radius 1 is 1.16 bits per heavy atom. The number of benzene rings is 1. The van der Waals surface area contributed by atoms with Crippen molar-refractivity contribution in [3.8, 4) is 16.3 Å². The number of ether oxygens (including phenoxy) is 1. The average molecular weight is 613 g/mol. The maximum Gasteiger partial charge on any atom is 0.369 e. The average Bonchev–Trinajstić information content (AvgIpc) is 3.73. The topological polar surface area (TPSA) is 228 Å². The molecule has 0 radical (unpaired) electrons. The Morgan fingerprint density at radius 3 is 2.60 bits per heavy atom. The highest BCUT2D eigenvalue weighted by Crippen LogP contribution is 2.41. The van der Waals surface area contributed by atoms with Crippen molar-refractivity contribution < 1.29 is 39.2 Å². The minimum absolute atomic E-state index is 0.0205. The maximum absolute atomic E-state index is 13.2. The van der Waals surface area contributed by atoms with E-state index in [1.165, 1.54) is 18.1 Å². The van der Waals surface area contributed by atoms with Crippen LogP contribution in [-0.2, 0) is 9.59 Å². The number of thiazole rings is 1. The van der Waals surface area contributed by atoms with E-state index >= 15 is 0 Å². The van der Waals surface area contributed by atoms with Gasteiger partial charge < -0.3 is 40.9 Å². The molecule has 0 unspecified atom stereocenters. The van der Waals surface area contributed by atoms with E-state index in [2.05, 4.69) is 31.1 Å². The van der Waals surface area contributed by atoms with Gasteiger partial charge in [0.05, 0.1) is 36.3 Å². The van der Waals surface area contributed by atoms with Crippen LogP contribution in [0, 0.1) is 12.8 Å². The fraction of sp³-hybridized carbons (Fsp3) is 0.346. The van der Waals surface area contributed by atoms with Crippen molar-refractivity contribution in [3.05, 3.63) is 40.5 Å². The van der Waals surface area contributed by atoms with Crippen molar-refractivity contribution in [2.75, 3.05) is 37.4 Å². The molecule has 2 fully saturated rings. The Hall–Kier alpha value is -4.71. The highest BCUT2D eigenvalue weighted by Gasteiger charge is 2.31. The normalized spacial score (nSPS) is 15.0. The van der Waals surface area contributed by atoms with Gasteiger partial charge in [0.2, 0.25) is 11.8 Å². The van der Waals surface area contributed by atoms with Gasteiger partial charge in [-0.3, -0.25) is 24.5 Å². The lowest BCUT2D eigenvalue weighted by atomic mass is 10.1. The van der Waals surface area contributed by atoms with E-state index in [9.17, 15) is 34.5 Å². The number of amides is 4. The minimum Gasteiger partial charge on any atom is -0.494 e. The molecule has 3 heterocycles. The molecule has 4 amide bonds. The molecule has 5 rings (SSSR count). The summed E-state index contributed by atoms with van der Waals surface area (Å²) in [6.45, 7) is 2.39. The Morgan fingerprint density at radius 2 is 1.93 bits per heavy atom. The molecule has 3 aromatic rings. The predicted molar refractivity (Wildman–Crippen MR) is 151 cm³/mol. The number of aromatic nitrogens is 3. The first-order valence-corrected chi connectivity index (χ1v) is 13.9. The zero-order valence-corrected chi connectivity index (χ0v) is 23.8. The number of hydrogen-bond acceptors (Lipinski definition) is 13. The van der Waals surface area contributed by atoms with Crippen LogP contribution in [0.3, 0.4) is 0 Å². The van der Waals surface area contributed by atoms with Gasteiger partial charge in [-0.1, -0.05) is 6.07 Å². The molecule has 0 spiro atoms. The van der Waals surface area contributed by atoms with Gasteiger partial charge in [0.25, 0.3) is 11.8 Å². The van der Waals surface area contributed by atoms with Crippen LogP contribution < -0.4 is 26.0 Å². The first-order chi connectivity index (χ1) is 20.4. The Kier molecular flexibility index (Phi) is 8.23. The third-order valence-corrected chi connectivity index (χ3v) is 7.70. The molecule has 226 valence electrons. The first-order valence-electron chi connectivity index (χ1n) is 13.1. The van der Waals surface area contributed by atoms with Crippen LogP contribution in [0.25, 0.3) is 10.6 Å². The summed E-state index contributed by atoms with van der Waals surface area (Å²) in [7, 11) is 1.42. The zero-order chi connectivity index (χ0) is 30.9. The lowest BCUT2D eigenvalue weighted by Gasteiger charge is -2.26. The molecule has 7 N–H and O–H groups in total. The van der Waals surface area contributed by atoms with Crippen molar-refractivity contribution in [2.45, 2.75) is 25.9 Å². The van der Waals surface area contributed by atoms with Crippen molar-refractivity contribution in [1.29, 1.82) is 0 Å². The van der Waals surface area contributed by atoms with Crippen LogP contribution >= 0.6 is 11.3 Å². The highest BCUT2D eigenvalue weighted by atomic mass is 32.1. The van der Waals surface area contributed by atoms with Crippen molar-refractivity contribution >= 4 is 52.2 Å². The van der Waals surface area contributed by atoms with Gasteiger partial charge in [-0.2, -0.15) is 0 Å². The van der Waals surface area contributed by atoms with E-state index < -0.39 is 17.7 Å². The lowest BCUT2D eigenvalue weighted by molar-refractivity contribution is -0.323. The Balaban J connectivity index is 1.48. The summed E-state index contributed by atoms with van der Waals surface area (Å²) in [6.07, 6.45) is -2.03. The van der Waals surface area contributed by atoms with E-state index in [0.717, 1.165) is 24.2 Å². The van der Waals surface area contributed by atoms with Crippen LogP contribution in [-0.4, -0.2) is 91.9 Å². The number of carbonyl (C=O) groups excluding carboxylic acids is 4. The number of para-hydroxylation sites is 1. The number of rotatable bonds is 9. The van der Waals surface area contributed by atoms with Gasteiger partial charge in [-0.05, 0) is 31.9 Å². The van der Waals surface area contributed by atoms with Crippen LogP contribution in [0.5, 0.6) is 5.75 Å². The highest BCUT2D eigenvalue weighted by molar-refractivity contribution is 7.17. The first kappa shape index (κ1) is 29.8. The number of anilines is 3. The van der Waals surface area contributed by atoms with Crippen LogP contribution in [0.15, 0.2) is 24.3 Å². The molecular weight excluding hydrogens is 584 g/mol. The van der Waals surface area contributed by atoms with E-state index in [0.29, 0.717) is 39.9 Å². The summed E-state index contributed by atoms with van der Waals surface area (Å²) in [4.78, 5) is 56.4. The van der Waals surface area contributed by atoms with Crippen LogP contribution in [0.2, 0.25) is 0 Å². The van der Waals surface area contributed by atoms with Gasteiger partial charge in [0.1, 0.15) is 9.88 Å². The molecular formula is C26H28N8O8S. The number of aliphatic hydroxyl groups is 3. The van der Waals surface area contributed by atoms with Gasteiger partial charge in [-0.25, -0.2) is 4.98 Å². The quantitative estimate of drug-likeness (QED) is 0.157. The lowest BCUT2D eigenvalue weighted by Crippen LogP contribution is -2.49. The summed E-state index contributed by atoms with van der Waals surface area (Å²) in [6, 6.07) is 6.35. The van der Waals surface area contributed by atoms with E-state index in [4.69, 9.17) is 4.74 Å². The predicted octanol–water partition coefficient (Wildman–Crippen LogP) is -0.101. The fourth-order valence-electron chi connectivity index (χ4n) is 4.34. The largest absolute Gasteiger partial charge is 0.494 e. The number of aryl methyl sites for hydroxylation is 1. The van der Waals surface area contributed by atoms with Gasteiger partial charge in [0, 0.05) is 25.1 Å². The molecule has 2 aromatic heterocycles. The second-order valence-electron chi connectivity index (χ2n) is 9.87. The number of hydrogen-bond donors (Lipinski definition) is 7. The van der Waals surface area contributed by atoms with Crippen LogP contribution in [0.4, 0.5) is 17.2 Å². The summed E-state index contributed by atoms with van der Waals surface area (Å²) >= 11 is 1.13. The summed E-state index contributed by atoms with van der Waals surface area (Å²) < 4.78 is 5.69. The van der Waals surface area contributed by atoms with Crippen molar-refractivity contribution in [3.63, 3.8) is 0 Å². The van der Waals surface area contributed by atoms with E-state index in [-0.39, 0.29) is 47.4 Å². The summed E-state index contributed by atoms with van der Waals surface area (Å²) in [5, 5.41) is 45.8. The van der Waals surface area contributed by atoms with E-state index in [1.807, 2.05) is 0 Å². The van der Waals surface area contributed by atoms with Crippen LogP contribution in [0.1, 0.15) is 38.7 Å². The molecule has 16 nitrogen and oxygen atoms in total. The maximum atomic E-state index is 13.2. The van der Waals surface area contributed by atoms with Gasteiger partial charge >= 0.3 is 6.10 Å². The molecule has 2 aliphatic rings. The van der Waals surface area contributed by atoms with Gasteiger partial charge in [-0.15, -0.1) is 21.5 Å². The van der Waals surface area contributed by atoms with Crippen molar-refractivity contribution in [2.24, 2.45) is 5.92 Å². The number of piperazine rings is 1.